The quantitative estimate of drug-likeness (QED) is 0.486. The highest BCUT2D eigenvalue weighted by atomic mass is 32.2. The number of benzene rings is 3. The van der Waals surface area contributed by atoms with Crippen molar-refractivity contribution in [3.63, 3.8) is 0 Å². The molecule has 1 heteroatoms. The molecule has 0 aliphatic heterocycles. The van der Waals surface area contributed by atoms with Crippen LogP contribution in [0, 0.1) is 0 Å². The average Bonchev–Trinajstić information content (AvgIpc) is 2.51. The van der Waals surface area contributed by atoms with E-state index in [-0.39, 0.29) is 0 Å². The van der Waals surface area contributed by atoms with Crippen molar-refractivity contribution in [1.29, 1.82) is 0 Å². The number of hydrogen-bond donors (Lipinski definition) is 0. The molecular formula is C19H17S+. The summed E-state index contributed by atoms with van der Waals surface area (Å²) in [6.07, 6.45) is 0.997. The fourth-order valence-corrected chi connectivity index (χ4v) is 3.28. The summed E-state index contributed by atoms with van der Waals surface area (Å²) >= 11 is 1.28. The SMILES string of the molecule is c1ccc(Cc2ccccc2[SH+]c2ccccc2)cc1. The molecule has 3 aromatic rings. The van der Waals surface area contributed by atoms with Gasteiger partial charge in [0.15, 0.2) is 9.79 Å². The normalized spacial score (nSPS) is 10.4. The molecule has 0 fully saturated rings. The summed E-state index contributed by atoms with van der Waals surface area (Å²) in [5, 5.41) is 0. The second kappa shape index (κ2) is 6.44. The minimum absolute atomic E-state index is 0.997. The van der Waals surface area contributed by atoms with Crippen LogP contribution in [0.25, 0.3) is 0 Å². The van der Waals surface area contributed by atoms with Crippen LogP contribution in [0.4, 0.5) is 0 Å². The molecule has 3 rings (SSSR count). The van der Waals surface area contributed by atoms with E-state index >= 15 is 0 Å². The lowest BCUT2D eigenvalue weighted by atomic mass is 10.1. The monoisotopic (exact) mass is 277 g/mol. The summed E-state index contributed by atoms with van der Waals surface area (Å²) in [5.74, 6) is 0. The van der Waals surface area contributed by atoms with Gasteiger partial charge in [-0.25, -0.2) is 0 Å². The second-order valence-corrected chi connectivity index (χ2v) is 5.96. The Morgan fingerprint density at radius 3 is 1.95 bits per heavy atom. The summed E-state index contributed by atoms with van der Waals surface area (Å²) in [6, 6.07) is 30.0. The van der Waals surface area contributed by atoms with E-state index in [0.29, 0.717) is 0 Å². The minimum atomic E-state index is 0.997. The number of rotatable bonds is 4. The highest BCUT2D eigenvalue weighted by molar-refractivity contribution is 7.78. The third-order valence-electron chi connectivity index (χ3n) is 3.23. The molecule has 0 saturated carbocycles. The minimum Gasteiger partial charge on any atom is -0.0622 e. The van der Waals surface area contributed by atoms with Gasteiger partial charge in [0.25, 0.3) is 0 Å². The lowest BCUT2D eigenvalue weighted by Gasteiger charge is -2.03. The zero-order chi connectivity index (χ0) is 13.6. The van der Waals surface area contributed by atoms with Crippen LogP contribution in [0.15, 0.2) is 94.7 Å². The Balaban J connectivity index is 1.85. The molecule has 0 bridgehead atoms. The molecule has 0 unspecified atom stereocenters. The van der Waals surface area contributed by atoms with Crippen molar-refractivity contribution in [2.45, 2.75) is 16.2 Å². The molecule has 0 spiro atoms. The first kappa shape index (κ1) is 13.0. The molecule has 20 heavy (non-hydrogen) atoms. The van der Waals surface area contributed by atoms with Crippen molar-refractivity contribution < 1.29 is 0 Å². The van der Waals surface area contributed by atoms with Gasteiger partial charge in [0.1, 0.15) is 0 Å². The zero-order valence-corrected chi connectivity index (χ0v) is 12.1. The van der Waals surface area contributed by atoms with E-state index in [1.807, 2.05) is 0 Å². The van der Waals surface area contributed by atoms with Gasteiger partial charge >= 0.3 is 0 Å². The Morgan fingerprint density at radius 1 is 0.600 bits per heavy atom. The van der Waals surface area contributed by atoms with Crippen LogP contribution in [0.5, 0.6) is 0 Å². The standard InChI is InChI=1S/C19H16S/c1-3-9-16(10-4-1)15-17-11-7-8-14-19(17)20-18-12-5-2-6-13-18/h1-14H,15H2/p+1. The number of thiol groups is 1. The Labute approximate surface area is 124 Å². The molecule has 98 valence electrons. The summed E-state index contributed by atoms with van der Waals surface area (Å²) in [6.45, 7) is 0. The summed E-state index contributed by atoms with van der Waals surface area (Å²) in [4.78, 5) is 2.73. The van der Waals surface area contributed by atoms with Crippen molar-refractivity contribution in [2.75, 3.05) is 0 Å². The van der Waals surface area contributed by atoms with Gasteiger partial charge in [-0.2, -0.15) is 0 Å². The molecule has 0 saturated heterocycles. The number of hydrogen-bond acceptors (Lipinski definition) is 0. The van der Waals surface area contributed by atoms with Gasteiger partial charge in [0.05, 0.1) is 0 Å². The summed E-state index contributed by atoms with van der Waals surface area (Å²) in [7, 11) is 0. The molecule has 0 atom stereocenters. The Morgan fingerprint density at radius 2 is 1.20 bits per heavy atom. The summed E-state index contributed by atoms with van der Waals surface area (Å²) < 4.78 is 0. The van der Waals surface area contributed by atoms with E-state index in [9.17, 15) is 0 Å². The average molecular weight is 277 g/mol. The van der Waals surface area contributed by atoms with Gasteiger partial charge in [-0.15, -0.1) is 0 Å². The van der Waals surface area contributed by atoms with Crippen LogP contribution in [0.3, 0.4) is 0 Å². The topological polar surface area (TPSA) is 0 Å². The second-order valence-electron chi connectivity index (χ2n) is 4.74. The third kappa shape index (κ3) is 3.31. The molecule has 0 nitrogen and oxygen atoms in total. The molecule has 0 aliphatic carbocycles. The van der Waals surface area contributed by atoms with Crippen molar-refractivity contribution in [2.24, 2.45) is 0 Å². The van der Waals surface area contributed by atoms with Crippen molar-refractivity contribution in [3.8, 4) is 0 Å². The molecule has 0 heterocycles. The lowest BCUT2D eigenvalue weighted by molar-refractivity contribution is 1.12. The molecule has 0 radical (unpaired) electrons. The fraction of sp³-hybridized carbons (Fsp3) is 0.0526. The Bertz CT molecular complexity index is 599. The van der Waals surface area contributed by atoms with Crippen molar-refractivity contribution in [3.05, 3.63) is 96.1 Å². The summed E-state index contributed by atoms with van der Waals surface area (Å²) in [5.41, 5.74) is 2.77. The zero-order valence-electron chi connectivity index (χ0n) is 11.2. The molecular weight excluding hydrogens is 260 g/mol. The third-order valence-corrected chi connectivity index (χ3v) is 4.47. The van der Waals surface area contributed by atoms with E-state index < -0.39 is 0 Å². The van der Waals surface area contributed by atoms with Crippen molar-refractivity contribution >= 4 is 11.8 Å². The Hall–Kier alpha value is -1.99. The molecule has 0 N–H and O–H groups in total. The first-order valence-corrected chi connectivity index (χ1v) is 7.70. The van der Waals surface area contributed by atoms with Crippen LogP contribution in [0.2, 0.25) is 0 Å². The van der Waals surface area contributed by atoms with Gasteiger partial charge in [0.2, 0.25) is 0 Å². The van der Waals surface area contributed by atoms with E-state index in [0.717, 1.165) is 6.42 Å². The largest absolute Gasteiger partial charge is 0.161 e. The fourth-order valence-electron chi connectivity index (χ4n) is 2.23. The predicted octanol–water partition coefficient (Wildman–Crippen LogP) is 4.51. The van der Waals surface area contributed by atoms with Gasteiger partial charge < -0.3 is 0 Å². The van der Waals surface area contributed by atoms with E-state index in [4.69, 9.17) is 0 Å². The van der Waals surface area contributed by atoms with Crippen LogP contribution in [0.1, 0.15) is 11.1 Å². The van der Waals surface area contributed by atoms with Crippen molar-refractivity contribution in [1.82, 2.24) is 0 Å². The predicted molar refractivity (Wildman–Crippen MR) is 87.4 cm³/mol. The maximum atomic E-state index is 2.23. The molecule has 0 aromatic heterocycles. The van der Waals surface area contributed by atoms with Crippen LogP contribution in [-0.4, -0.2) is 0 Å². The highest BCUT2D eigenvalue weighted by Crippen LogP contribution is 2.19. The smallest absolute Gasteiger partial charge is 0.0622 e. The van der Waals surface area contributed by atoms with Crippen LogP contribution in [-0.2, 0) is 18.2 Å². The maximum Gasteiger partial charge on any atom is 0.161 e. The highest BCUT2D eigenvalue weighted by Gasteiger charge is 2.11. The maximum absolute atomic E-state index is 2.23. The van der Waals surface area contributed by atoms with Gasteiger partial charge in [0, 0.05) is 23.7 Å². The first-order chi connectivity index (χ1) is 9.92. The Kier molecular flexibility index (Phi) is 4.19. The molecule has 3 aromatic carbocycles. The van der Waals surface area contributed by atoms with E-state index in [2.05, 4.69) is 84.9 Å². The van der Waals surface area contributed by atoms with Gasteiger partial charge in [-0.05, 0) is 23.8 Å². The molecule has 0 amide bonds. The van der Waals surface area contributed by atoms with E-state index in [1.165, 1.54) is 32.7 Å². The lowest BCUT2D eigenvalue weighted by Crippen LogP contribution is -1.94. The van der Waals surface area contributed by atoms with E-state index in [1.54, 1.807) is 0 Å². The first-order valence-electron chi connectivity index (χ1n) is 6.80. The molecule has 0 aliphatic rings. The van der Waals surface area contributed by atoms with Gasteiger partial charge in [-0.3, -0.25) is 0 Å². The van der Waals surface area contributed by atoms with Gasteiger partial charge in [-0.1, -0.05) is 66.7 Å². The van der Waals surface area contributed by atoms with Crippen LogP contribution >= 0.6 is 0 Å². The van der Waals surface area contributed by atoms with Crippen LogP contribution < -0.4 is 0 Å².